The molecule has 0 aliphatic rings. The van der Waals surface area contributed by atoms with Crippen molar-refractivity contribution >= 4 is 6.29 Å². The van der Waals surface area contributed by atoms with Crippen LogP contribution in [0.3, 0.4) is 0 Å². The van der Waals surface area contributed by atoms with Crippen molar-refractivity contribution in [2.45, 2.75) is 33.8 Å². The van der Waals surface area contributed by atoms with Crippen molar-refractivity contribution in [2.75, 3.05) is 7.11 Å². The van der Waals surface area contributed by atoms with E-state index in [1.54, 1.807) is 12.1 Å². The van der Waals surface area contributed by atoms with Gasteiger partial charge in [0.05, 0.1) is 13.2 Å². The molecule has 0 fully saturated rings. The number of aryl methyl sites for hydroxylation is 2. The van der Waals surface area contributed by atoms with Crippen LogP contribution in [0.1, 0.15) is 35.3 Å². The summed E-state index contributed by atoms with van der Waals surface area (Å²) in [6.07, 6.45) is 0.711. The monoisotopic (exact) mass is 314 g/mol. The zero-order valence-electron chi connectivity index (χ0n) is 14.2. The molecule has 2 aromatic carbocycles. The summed E-state index contributed by atoms with van der Waals surface area (Å²) in [7, 11) is 1.54. The Morgan fingerprint density at radius 2 is 1.70 bits per heavy atom. The number of ether oxygens (including phenoxy) is 3. The first-order chi connectivity index (χ1) is 10.9. The van der Waals surface area contributed by atoms with Crippen molar-refractivity contribution in [1.29, 1.82) is 0 Å². The number of rotatable bonds is 6. The van der Waals surface area contributed by atoms with Crippen LogP contribution >= 0.6 is 0 Å². The Hall–Kier alpha value is -2.49. The quantitative estimate of drug-likeness (QED) is 0.725. The van der Waals surface area contributed by atoms with E-state index >= 15 is 0 Å². The summed E-state index contributed by atoms with van der Waals surface area (Å²) < 4.78 is 17.1. The molecule has 0 N–H and O–H groups in total. The molecule has 0 atom stereocenters. The Bertz CT molecular complexity index is 705. The van der Waals surface area contributed by atoms with E-state index in [4.69, 9.17) is 14.2 Å². The molecular formula is C19H22O4. The van der Waals surface area contributed by atoms with Gasteiger partial charge >= 0.3 is 0 Å². The van der Waals surface area contributed by atoms with Gasteiger partial charge in [-0.1, -0.05) is 6.07 Å². The molecule has 0 bridgehead atoms. The topological polar surface area (TPSA) is 44.8 Å². The predicted molar refractivity (Wildman–Crippen MR) is 90.1 cm³/mol. The Labute approximate surface area is 137 Å². The summed E-state index contributed by atoms with van der Waals surface area (Å²) in [5, 5.41) is 0. The van der Waals surface area contributed by atoms with Gasteiger partial charge in [0.1, 0.15) is 12.0 Å². The highest BCUT2D eigenvalue weighted by atomic mass is 16.5. The van der Waals surface area contributed by atoms with E-state index in [1.165, 1.54) is 12.7 Å². The molecule has 0 spiro atoms. The molecule has 23 heavy (non-hydrogen) atoms. The molecule has 0 aliphatic carbocycles. The number of carbonyl (C=O) groups is 1. The maximum Gasteiger partial charge on any atom is 0.204 e. The van der Waals surface area contributed by atoms with E-state index in [0.29, 0.717) is 28.6 Å². The molecule has 0 heterocycles. The lowest BCUT2D eigenvalue weighted by Crippen LogP contribution is -2.08. The van der Waals surface area contributed by atoms with Crippen molar-refractivity contribution in [3.05, 3.63) is 47.0 Å². The number of hydrogen-bond donors (Lipinski definition) is 0. The normalized spacial score (nSPS) is 10.5. The van der Waals surface area contributed by atoms with Gasteiger partial charge in [-0.15, -0.1) is 0 Å². The molecule has 0 saturated heterocycles. The zero-order chi connectivity index (χ0) is 17.0. The highest BCUT2D eigenvalue weighted by molar-refractivity contribution is 5.78. The van der Waals surface area contributed by atoms with E-state index in [9.17, 15) is 4.79 Å². The largest absolute Gasteiger partial charge is 0.493 e. The summed E-state index contributed by atoms with van der Waals surface area (Å²) >= 11 is 0. The van der Waals surface area contributed by atoms with E-state index in [2.05, 4.69) is 0 Å². The fourth-order valence-corrected chi connectivity index (χ4v) is 2.15. The van der Waals surface area contributed by atoms with Crippen LogP contribution in [-0.2, 0) is 0 Å². The van der Waals surface area contributed by atoms with Crippen molar-refractivity contribution in [3.63, 3.8) is 0 Å². The van der Waals surface area contributed by atoms with Crippen LogP contribution in [0.15, 0.2) is 30.3 Å². The third kappa shape index (κ3) is 4.03. The van der Waals surface area contributed by atoms with Crippen molar-refractivity contribution in [1.82, 2.24) is 0 Å². The van der Waals surface area contributed by atoms with Gasteiger partial charge in [-0.2, -0.15) is 0 Å². The molecular weight excluding hydrogens is 292 g/mol. The second-order valence-electron chi connectivity index (χ2n) is 5.68. The predicted octanol–water partition coefficient (Wildman–Crippen LogP) is 4.70. The van der Waals surface area contributed by atoms with Crippen LogP contribution in [0.5, 0.6) is 23.0 Å². The highest BCUT2D eigenvalue weighted by Crippen LogP contribution is 2.41. The van der Waals surface area contributed by atoms with E-state index in [-0.39, 0.29) is 6.10 Å². The lowest BCUT2D eigenvalue weighted by atomic mass is 10.1. The minimum absolute atomic E-state index is 0.0481. The van der Waals surface area contributed by atoms with Gasteiger partial charge < -0.3 is 14.2 Å². The van der Waals surface area contributed by atoms with Crippen molar-refractivity contribution < 1.29 is 19.0 Å². The molecule has 0 aromatic heterocycles. The van der Waals surface area contributed by atoms with Crippen LogP contribution in [0.4, 0.5) is 0 Å². The summed E-state index contributed by atoms with van der Waals surface area (Å²) in [6.45, 7) is 7.92. The maximum absolute atomic E-state index is 11.2. The number of aldehydes is 1. The lowest BCUT2D eigenvalue weighted by Gasteiger charge is -2.18. The summed E-state index contributed by atoms with van der Waals surface area (Å²) in [4.78, 5) is 11.2. The molecule has 4 nitrogen and oxygen atoms in total. The highest BCUT2D eigenvalue weighted by Gasteiger charge is 2.17. The Kier molecular flexibility index (Phi) is 5.27. The van der Waals surface area contributed by atoms with Crippen LogP contribution in [0.2, 0.25) is 0 Å². The first kappa shape index (κ1) is 16.9. The molecule has 0 radical (unpaired) electrons. The molecule has 0 unspecified atom stereocenters. The van der Waals surface area contributed by atoms with Gasteiger partial charge in [0.25, 0.3) is 0 Å². The van der Waals surface area contributed by atoms with Crippen molar-refractivity contribution in [3.8, 4) is 23.0 Å². The average Bonchev–Trinajstić information content (AvgIpc) is 2.51. The Balaban J connectivity index is 2.48. The smallest absolute Gasteiger partial charge is 0.204 e. The van der Waals surface area contributed by atoms with Gasteiger partial charge in [0.15, 0.2) is 11.5 Å². The summed E-state index contributed by atoms with van der Waals surface area (Å²) in [5.41, 5.74) is 2.79. The second kappa shape index (κ2) is 7.18. The van der Waals surface area contributed by atoms with E-state index < -0.39 is 0 Å². The van der Waals surface area contributed by atoms with E-state index in [0.717, 1.165) is 11.8 Å². The molecule has 0 saturated carbocycles. The zero-order valence-corrected chi connectivity index (χ0v) is 14.2. The third-order valence-corrected chi connectivity index (χ3v) is 3.46. The van der Waals surface area contributed by atoms with Crippen LogP contribution in [0, 0.1) is 13.8 Å². The molecule has 2 rings (SSSR count). The molecule has 122 valence electrons. The minimum Gasteiger partial charge on any atom is -0.493 e. The lowest BCUT2D eigenvalue weighted by molar-refractivity contribution is 0.112. The van der Waals surface area contributed by atoms with Crippen molar-refractivity contribution in [2.24, 2.45) is 0 Å². The number of benzene rings is 2. The fraction of sp³-hybridized carbons (Fsp3) is 0.316. The molecule has 4 heteroatoms. The standard InChI is InChI=1S/C19H22O4/c1-12(2)22-19-17(21-5)9-15(11-20)10-18(19)23-16-7-6-13(3)14(4)8-16/h6-12H,1-5H3. The van der Waals surface area contributed by atoms with Gasteiger partial charge in [-0.05, 0) is 63.1 Å². The maximum atomic E-state index is 11.2. The average molecular weight is 314 g/mol. The molecule has 0 aliphatic heterocycles. The first-order valence-electron chi connectivity index (χ1n) is 7.53. The molecule has 0 amide bonds. The second-order valence-corrected chi connectivity index (χ2v) is 5.68. The number of carbonyl (C=O) groups excluding carboxylic acids is 1. The SMILES string of the molecule is COc1cc(C=O)cc(Oc2ccc(C)c(C)c2)c1OC(C)C. The van der Waals surface area contributed by atoms with E-state index in [1.807, 2.05) is 45.9 Å². The van der Waals surface area contributed by atoms with Crippen LogP contribution < -0.4 is 14.2 Å². The Morgan fingerprint density at radius 1 is 1.00 bits per heavy atom. The van der Waals surface area contributed by atoms with Gasteiger partial charge in [-0.25, -0.2) is 0 Å². The van der Waals surface area contributed by atoms with Gasteiger partial charge in [0, 0.05) is 5.56 Å². The number of hydrogen-bond acceptors (Lipinski definition) is 4. The summed E-state index contributed by atoms with van der Waals surface area (Å²) in [5.74, 6) is 2.11. The third-order valence-electron chi connectivity index (χ3n) is 3.46. The van der Waals surface area contributed by atoms with Gasteiger partial charge in [0.2, 0.25) is 5.75 Å². The fourth-order valence-electron chi connectivity index (χ4n) is 2.15. The van der Waals surface area contributed by atoms with Crippen LogP contribution in [-0.4, -0.2) is 19.5 Å². The molecule has 2 aromatic rings. The van der Waals surface area contributed by atoms with Gasteiger partial charge in [-0.3, -0.25) is 4.79 Å². The number of methoxy groups -OCH3 is 1. The Morgan fingerprint density at radius 3 is 2.26 bits per heavy atom. The summed E-state index contributed by atoms with van der Waals surface area (Å²) in [6, 6.07) is 9.13. The minimum atomic E-state index is -0.0481. The first-order valence-corrected chi connectivity index (χ1v) is 7.53. The van der Waals surface area contributed by atoms with Crippen LogP contribution in [0.25, 0.3) is 0 Å².